The Morgan fingerprint density at radius 3 is 1.85 bits per heavy atom. The second-order valence-corrected chi connectivity index (χ2v) is 9.25. The number of hydrogen-bond donors (Lipinski definition) is 5. The molecule has 0 saturated carbocycles. The highest BCUT2D eigenvalue weighted by Gasteiger charge is 2.39. The lowest BCUT2D eigenvalue weighted by atomic mass is 10.1. The molecule has 0 atom stereocenters. The van der Waals surface area contributed by atoms with Crippen LogP contribution in [0.25, 0.3) is 18.2 Å². The van der Waals surface area contributed by atoms with Gasteiger partial charge in [0.1, 0.15) is 17.1 Å². The molecular weight excluding hydrogens is 512 g/mol. The molecule has 3 aromatic rings. The summed E-state index contributed by atoms with van der Waals surface area (Å²) in [5, 5.41) is 5.80. The molecule has 5 heterocycles. The number of aliphatic imine (C=N–C) groups is 2. The highest BCUT2D eigenvalue weighted by Crippen LogP contribution is 2.32. The number of aromatic amines is 3. The minimum atomic E-state index is -0.539. The average molecular weight is 539 g/mol. The van der Waals surface area contributed by atoms with Gasteiger partial charge < -0.3 is 20.3 Å². The Hall–Kier alpha value is -5.52. The van der Waals surface area contributed by atoms with E-state index < -0.39 is 23.6 Å². The molecule has 5 N–H and O–H groups in total. The molecule has 0 spiro atoms. The Bertz CT molecular complexity index is 1830. The predicted molar refractivity (Wildman–Crippen MR) is 149 cm³/mol. The smallest absolute Gasteiger partial charge is 0.243 e. The van der Waals surface area contributed by atoms with Crippen LogP contribution in [0.4, 0.5) is 0 Å². The summed E-state index contributed by atoms with van der Waals surface area (Å²) in [4.78, 5) is 67.9. The van der Waals surface area contributed by atoms with Crippen molar-refractivity contribution in [3.63, 3.8) is 0 Å². The third-order valence-electron chi connectivity index (χ3n) is 5.85. The summed E-state index contributed by atoms with van der Waals surface area (Å²) in [7, 11) is 0. The minimum Gasteiger partial charge on any atom is -0.355 e. The Morgan fingerprint density at radius 2 is 1.25 bits per heavy atom. The maximum Gasteiger partial charge on any atom is 0.243 e. The van der Waals surface area contributed by atoms with Crippen molar-refractivity contribution in [3.8, 4) is 0 Å². The van der Waals surface area contributed by atoms with E-state index in [9.17, 15) is 19.2 Å². The fourth-order valence-corrected chi connectivity index (χ4v) is 4.48. The predicted octanol–water partition coefficient (Wildman–Crippen LogP) is 0.721. The Morgan fingerprint density at radius 1 is 0.675 bits per heavy atom. The molecule has 2 aliphatic heterocycles. The van der Waals surface area contributed by atoms with E-state index in [1.807, 2.05) is 42.5 Å². The third kappa shape index (κ3) is 5.36. The molecular formula is C28H26N8O4. The van der Waals surface area contributed by atoms with Crippen LogP contribution in [0.3, 0.4) is 0 Å². The highest BCUT2D eigenvalue weighted by atomic mass is 16.2. The van der Waals surface area contributed by atoms with Crippen molar-refractivity contribution in [1.29, 1.82) is 0 Å². The van der Waals surface area contributed by atoms with Gasteiger partial charge in [0.25, 0.3) is 0 Å². The van der Waals surface area contributed by atoms with E-state index in [0.29, 0.717) is 17.1 Å². The number of aromatic nitrogens is 3. The maximum absolute atomic E-state index is 12.5. The zero-order valence-electron chi connectivity index (χ0n) is 22.2. The molecule has 12 nitrogen and oxygen atoms in total. The third-order valence-corrected chi connectivity index (χ3v) is 5.85. The van der Waals surface area contributed by atoms with Crippen LogP contribution in [0, 0.1) is 0 Å². The van der Waals surface area contributed by atoms with Crippen molar-refractivity contribution in [2.24, 2.45) is 9.98 Å². The van der Waals surface area contributed by atoms with Gasteiger partial charge in [-0.25, -0.2) is 15.0 Å². The molecule has 3 aromatic heterocycles. The SMILES string of the molecule is CC(=O)N=C1C2=Cc3ccc([nH]3)C=c3ccc([nH]3)=Cc3ccc([nH]3)C(=NC(C)=O)C(=C1NC(C)=O)N2NC(C)=O. The zero-order chi connectivity index (χ0) is 28.6. The van der Waals surface area contributed by atoms with E-state index in [2.05, 4.69) is 35.7 Å². The van der Waals surface area contributed by atoms with Gasteiger partial charge in [-0.2, -0.15) is 0 Å². The van der Waals surface area contributed by atoms with Crippen molar-refractivity contribution >= 4 is 53.3 Å². The molecule has 4 amide bonds. The van der Waals surface area contributed by atoms with E-state index >= 15 is 0 Å². The average Bonchev–Trinajstić information content (AvgIpc) is 3.63. The van der Waals surface area contributed by atoms with Gasteiger partial charge in [0.2, 0.25) is 23.6 Å². The number of carbonyl (C=O) groups is 4. The van der Waals surface area contributed by atoms with Crippen LogP contribution >= 0.6 is 0 Å². The molecule has 5 rings (SSSR count). The summed E-state index contributed by atoms with van der Waals surface area (Å²) in [5.74, 6) is -1.97. The summed E-state index contributed by atoms with van der Waals surface area (Å²) in [6.45, 7) is 5.18. The first-order valence-electron chi connectivity index (χ1n) is 12.3. The van der Waals surface area contributed by atoms with Gasteiger partial charge in [0, 0.05) is 55.5 Å². The highest BCUT2D eigenvalue weighted by molar-refractivity contribution is 6.28. The number of carbonyl (C=O) groups excluding carboxylic acids is 4. The van der Waals surface area contributed by atoms with E-state index in [1.54, 1.807) is 12.1 Å². The van der Waals surface area contributed by atoms with E-state index in [1.165, 1.54) is 32.7 Å². The van der Waals surface area contributed by atoms with Gasteiger partial charge in [-0.15, -0.1) is 0 Å². The van der Waals surface area contributed by atoms with Crippen molar-refractivity contribution in [3.05, 3.63) is 87.0 Å². The fraction of sp³-hybridized carbons (Fsp3) is 0.143. The fourth-order valence-electron chi connectivity index (χ4n) is 4.48. The van der Waals surface area contributed by atoms with Crippen LogP contribution in [0.5, 0.6) is 0 Å². The second-order valence-electron chi connectivity index (χ2n) is 9.25. The number of nitrogens with one attached hydrogen (secondary N) is 5. The van der Waals surface area contributed by atoms with Gasteiger partial charge in [-0.05, 0) is 54.6 Å². The Labute approximate surface area is 228 Å². The number of fused-ring (bicyclic) bond motifs is 8. The first-order chi connectivity index (χ1) is 19.1. The van der Waals surface area contributed by atoms with Crippen molar-refractivity contribution < 1.29 is 19.2 Å². The summed E-state index contributed by atoms with van der Waals surface area (Å²) in [6, 6.07) is 11.1. The second kappa shape index (κ2) is 10.3. The molecule has 0 aromatic carbocycles. The van der Waals surface area contributed by atoms with Crippen LogP contribution in [0.15, 0.2) is 63.5 Å². The lowest BCUT2D eigenvalue weighted by molar-refractivity contribution is -0.122. The minimum absolute atomic E-state index is 0.0825. The largest absolute Gasteiger partial charge is 0.355 e. The quantitative estimate of drug-likeness (QED) is 0.324. The van der Waals surface area contributed by atoms with Gasteiger partial charge in [0.15, 0.2) is 0 Å². The Balaban J connectivity index is 1.91. The molecule has 202 valence electrons. The van der Waals surface area contributed by atoms with Gasteiger partial charge >= 0.3 is 0 Å². The Kier molecular flexibility index (Phi) is 6.74. The van der Waals surface area contributed by atoms with Crippen molar-refractivity contribution in [2.75, 3.05) is 0 Å². The van der Waals surface area contributed by atoms with Gasteiger partial charge in [0.05, 0.1) is 17.1 Å². The maximum atomic E-state index is 12.5. The summed E-state index contributed by atoms with van der Waals surface area (Å²) in [5.41, 5.74) is 5.98. The van der Waals surface area contributed by atoms with Crippen LogP contribution in [0.1, 0.15) is 50.5 Å². The number of nitrogens with zero attached hydrogens (tertiary/aromatic N) is 3. The van der Waals surface area contributed by atoms with E-state index in [0.717, 1.165) is 16.4 Å². The number of amides is 4. The number of allylic oxidation sites excluding steroid dienone is 1. The molecule has 0 aliphatic carbocycles. The molecule has 0 radical (unpaired) electrons. The lowest BCUT2D eigenvalue weighted by Crippen LogP contribution is -2.40. The van der Waals surface area contributed by atoms with Crippen LogP contribution in [-0.4, -0.2) is 55.0 Å². The summed E-state index contributed by atoms with van der Waals surface area (Å²) in [6.07, 6.45) is 5.49. The molecule has 8 bridgehead atoms. The normalized spacial score (nSPS) is 16.4. The molecule has 40 heavy (non-hydrogen) atoms. The number of rotatable bonds is 2. The van der Waals surface area contributed by atoms with E-state index in [4.69, 9.17) is 0 Å². The van der Waals surface area contributed by atoms with Gasteiger partial charge in [-0.3, -0.25) is 24.6 Å². The van der Waals surface area contributed by atoms with Crippen LogP contribution < -0.4 is 21.4 Å². The zero-order valence-corrected chi connectivity index (χ0v) is 22.2. The molecule has 0 fully saturated rings. The van der Waals surface area contributed by atoms with Crippen molar-refractivity contribution in [1.82, 2.24) is 30.7 Å². The molecule has 12 heteroatoms. The molecule has 0 saturated heterocycles. The molecule has 0 unspecified atom stereocenters. The number of hydrazine groups is 1. The first kappa shape index (κ1) is 26.1. The standard InChI is InChI=1S/C28H26N8O4/c1-14(37)29-25-23-10-9-21(34-23)12-20-6-5-18(32-20)11-19-7-8-22(33-19)13-24-26(30-15(2)38)27(31-16(3)39)28(25)36(24)35-17(4)40/h5-13,32-34H,1-4H3,(H,31,39)(H,35,40). The summed E-state index contributed by atoms with van der Waals surface area (Å²) >= 11 is 0. The van der Waals surface area contributed by atoms with Crippen molar-refractivity contribution in [2.45, 2.75) is 27.7 Å². The first-order valence-corrected chi connectivity index (χ1v) is 12.3. The van der Waals surface area contributed by atoms with Crippen LogP contribution in [0.2, 0.25) is 0 Å². The van der Waals surface area contributed by atoms with E-state index in [-0.39, 0.29) is 28.5 Å². The molecule has 2 aliphatic rings. The number of hydrogen-bond acceptors (Lipinski definition) is 5. The lowest BCUT2D eigenvalue weighted by Gasteiger charge is -2.24. The van der Waals surface area contributed by atoms with Gasteiger partial charge in [-0.1, -0.05) is 0 Å². The topological polar surface area (TPSA) is 168 Å². The van der Waals surface area contributed by atoms with Crippen LogP contribution in [-0.2, 0) is 19.2 Å². The monoisotopic (exact) mass is 538 g/mol. The number of H-pyrrole nitrogens is 3. The summed E-state index contributed by atoms with van der Waals surface area (Å²) < 4.78 is 0.